The number of halogens is 1. The number of pyridine rings is 1. The predicted molar refractivity (Wildman–Crippen MR) is 67.9 cm³/mol. The zero-order chi connectivity index (χ0) is 10.7. The van der Waals surface area contributed by atoms with Crippen molar-refractivity contribution in [3.63, 3.8) is 0 Å². The molecule has 0 aliphatic heterocycles. The van der Waals surface area contributed by atoms with Gasteiger partial charge in [0.2, 0.25) is 0 Å². The van der Waals surface area contributed by atoms with Crippen LogP contribution >= 0.6 is 15.9 Å². The lowest BCUT2D eigenvalue weighted by molar-refractivity contribution is 0.842. The molecule has 0 saturated carbocycles. The first-order valence-electron chi connectivity index (χ1n) is 5.65. The van der Waals surface area contributed by atoms with Crippen LogP contribution in [0.3, 0.4) is 0 Å². The summed E-state index contributed by atoms with van der Waals surface area (Å²) in [5.41, 5.74) is 2.77. The van der Waals surface area contributed by atoms with E-state index in [4.69, 9.17) is 4.98 Å². The Bertz CT molecular complexity index is 338. The molecule has 1 aromatic heterocycles. The number of rotatable bonds is 4. The van der Waals surface area contributed by atoms with Gasteiger partial charge in [-0.25, -0.2) is 4.98 Å². The van der Waals surface area contributed by atoms with Crippen molar-refractivity contribution < 1.29 is 0 Å². The summed E-state index contributed by atoms with van der Waals surface area (Å²) in [6, 6.07) is 4.41. The largest absolute Gasteiger partial charge is 0.356 e. The summed E-state index contributed by atoms with van der Waals surface area (Å²) in [4.78, 5) is 7.06. The van der Waals surface area contributed by atoms with Crippen LogP contribution in [0.2, 0.25) is 0 Å². The van der Waals surface area contributed by atoms with Gasteiger partial charge in [0, 0.05) is 24.1 Å². The van der Waals surface area contributed by atoms with Gasteiger partial charge < -0.3 is 4.90 Å². The Labute approximate surface area is 99.8 Å². The topological polar surface area (TPSA) is 16.1 Å². The molecule has 2 rings (SSSR count). The smallest absolute Gasteiger partial charge is 0.128 e. The number of alkyl halides is 1. The second-order valence-corrected chi connectivity index (χ2v) is 4.69. The van der Waals surface area contributed by atoms with Crippen LogP contribution in [0.4, 0.5) is 5.82 Å². The predicted octanol–water partition coefficient (Wildman–Crippen LogP) is 2.79. The van der Waals surface area contributed by atoms with Crippen LogP contribution in [0.15, 0.2) is 12.1 Å². The van der Waals surface area contributed by atoms with Crippen LogP contribution in [0.1, 0.15) is 24.6 Å². The molecule has 3 heteroatoms. The highest BCUT2D eigenvalue weighted by molar-refractivity contribution is 9.09. The minimum atomic E-state index is 1.000. The molecule has 0 radical (unpaired) electrons. The van der Waals surface area contributed by atoms with Crippen LogP contribution in [0.5, 0.6) is 0 Å². The summed E-state index contributed by atoms with van der Waals surface area (Å²) >= 11 is 3.48. The molecule has 1 heterocycles. The summed E-state index contributed by atoms with van der Waals surface area (Å²) in [5.74, 6) is 1.14. The number of nitrogens with zero attached hydrogens (tertiary/aromatic N) is 2. The fourth-order valence-electron chi connectivity index (χ4n) is 2.12. The maximum absolute atomic E-state index is 4.75. The van der Waals surface area contributed by atoms with E-state index in [0.717, 1.165) is 30.7 Å². The second kappa shape index (κ2) is 4.97. The van der Waals surface area contributed by atoms with Crippen molar-refractivity contribution in [2.45, 2.75) is 26.2 Å². The molecule has 0 saturated heterocycles. The highest BCUT2D eigenvalue weighted by Crippen LogP contribution is 2.23. The van der Waals surface area contributed by atoms with Crippen molar-refractivity contribution in [1.29, 1.82) is 0 Å². The summed E-state index contributed by atoms with van der Waals surface area (Å²) in [6.07, 6.45) is 3.65. The molecule has 0 amide bonds. The van der Waals surface area contributed by atoms with Gasteiger partial charge in [0.1, 0.15) is 5.82 Å². The minimum absolute atomic E-state index is 1.000. The fraction of sp³-hybridized carbons (Fsp3) is 0.583. The molecule has 0 bridgehead atoms. The van der Waals surface area contributed by atoms with Gasteiger partial charge in [-0.1, -0.05) is 22.0 Å². The van der Waals surface area contributed by atoms with Crippen molar-refractivity contribution in [1.82, 2.24) is 4.98 Å². The normalized spacial score (nSPS) is 14.0. The van der Waals surface area contributed by atoms with E-state index in [0.29, 0.717) is 0 Å². The zero-order valence-electron chi connectivity index (χ0n) is 9.17. The molecule has 82 valence electrons. The molecule has 1 aliphatic carbocycles. The zero-order valence-corrected chi connectivity index (χ0v) is 10.8. The highest BCUT2D eigenvalue weighted by Gasteiger charge is 2.14. The van der Waals surface area contributed by atoms with Gasteiger partial charge in [-0.15, -0.1) is 0 Å². The number of aryl methyl sites for hydroxylation is 2. The Morgan fingerprint density at radius 2 is 2.27 bits per heavy atom. The lowest BCUT2D eigenvalue weighted by atomic mass is 10.2. The summed E-state index contributed by atoms with van der Waals surface area (Å²) < 4.78 is 0. The van der Waals surface area contributed by atoms with E-state index in [9.17, 15) is 0 Å². The van der Waals surface area contributed by atoms with Crippen molar-refractivity contribution in [3.05, 3.63) is 23.4 Å². The van der Waals surface area contributed by atoms with Crippen molar-refractivity contribution in [2.75, 3.05) is 23.3 Å². The Kier molecular flexibility index (Phi) is 3.62. The lowest BCUT2D eigenvalue weighted by Crippen LogP contribution is -2.26. The molecule has 0 unspecified atom stereocenters. The SMILES string of the molecule is CCN(CCBr)c1ccc2c(n1)CCC2. The number of hydrogen-bond donors (Lipinski definition) is 0. The molecule has 1 aliphatic rings. The van der Waals surface area contributed by atoms with Crippen molar-refractivity contribution >= 4 is 21.7 Å². The Hall–Kier alpha value is -0.570. The van der Waals surface area contributed by atoms with Gasteiger partial charge in [-0.3, -0.25) is 0 Å². The first-order valence-corrected chi connectivity index (χ1v) is 6.77. The third-order valence-corrected chi connectivity index (χ3v) is 3.33. The summed E-state index contributed by atoms with van der Waals surface area (Å²) in [7, 11) is 0. The van der Waals surface area contributed by atoms with E-state index in [1.165, 1.54) is 24.1 Å². The molecule has 0 atom stereocenters. The molecule has 0 N–H and O–H groups in total. The molecular weight excluding hydrogens is 252 g/mol. The average molecular weight is 269 g/mol. The summed E-state index contributed by atoms with van der Waals surface area (Å²) in [6.45, 7) is 4.23. The van der Waals surface area contributed by atoms with Crippen LogP contribution in [0, 0.1) is 0 Å². The monoisotopic (exact) mass is 268 g/mol. The molecule has 15 heavy (non-hydrogen) atoms. The molecular formula is C12H17BrN2. The van der Waals surface area contributed by atoms with Crippen LogP contribution < -0.4 is 4.90 Å². The van der Waals surface area contributed by atoms with Gasteiger partial charge in [0.15, 0.2) is 0 Å². The van der Waals surface area contributed by atoms with Gasteiger partial charge in [0.05, 0.1) is 0 Å². The third kappa shape index (κ3) is 2.33. The Morgan fingerprint density at radius 1 is 1.40 bits per heavy atom. The van der Waals surface area contributed by atoms with Gasteiger partial charge in [0.25, 0.3) is 0 Å². The van der Waals surface area contributed by atoms with E-state index in [1.54, 1.807) is 0 Å². The minimum Gasteiger partial charge on any atom is -0.356 e. The van der Waals surface area contributed by atoms with Crippen molar-refractivity contribution in [2.24, 2.45) is 0 Å². The average Bonchev–Trinajstić information content (AvgIpc) is 2.72. The number of anilines is 1. The highest BCUT2D eigenvalue weighted by atomic mass is 79.9. The van der Waals surface area contributed by atoms with E-state index in [-0.39, 0.29) is 0 Å². The van der Waals surface area contributed by atoms with Crippen LogP contribution in [0.25, 0.3) is 0 Å². The molecule has 0 spiro atoms. The van der Waals surface area contributed by atoms with E-state index in [1.807, 2.05) is 0 Å². The quantitative estimate of drug-likeness (QED) is 0.781. The van der Waals surface area contributed by atoms with E-state index in [2.05, 4.69) is 39.9 Å². The number of fused-ring (bicyclic) bond motifs is 1. The molecule has 0 fully saturated rings. The molecule has 2 nitrogen and oxygen atoms in total. The first-order chi connectivity index (χ1) is 7.35. The number of hydrogen-bond acceptors (Lipinski definition) is 2. The maximum atomic E-state index is 4.75. The van der Waals surface area contributed by atoms with E-state index < -0.39 is 0 Å². The standard InChI is InChI=1S/C12H17BrN2/c1-2-15(9-8-13)12-7-6-10-4-3-5-11(10)14-12/h6-7H,2-5,8-9H2,1H3. The lowest BCUT2D eigenvalue weighted by Gasteiger charge is -2.21. The Balaban J connectivity index is 2.20. The van der Waals surface area contributed by atoms with Crippen LogP contribution in [-0.4, -0.2) is 23.4 Å². The fourth-order valence-corrected chi connectivity index (χ4v) is 2.55. The summed E-state index contributed by atoms with van der Waals surface area (Å²) in [5, 5.41) is 1.000. The van der Waals surface area contributed by atoms with Crippen molar-refractivity contribution in [3.8, 4) is 0 Å². The Morgan fingerprint density at radius 3 is 3.00 bits per heavy atom. The van der Waals surface area contributed by atoms with Gasteiger partial charge >= 0.3 is 0 Å². The van der Waals surface area contributed by atoms with E-state index >= 15 is 0 Å². The maximum Gasteiger partial charge on any atom is 0.128 e. The first kappa shape index (κ1) is 10.9. The second-order valence-electron chi connectivity index (χ2n) is 3.90. The van der Waals surface area contributed by atoms with Crippen LogP contribution in [-0.2, 0) is 12.8 Å². The molecule has 0 aromatic carbocycles. The number of aromatic nitrogens is 1. The van der Waals surface area contributed by atoms with Gasteiger partial charge in [-0.05, 0) is 37.8 Å². The van der Waals surface area contributed by atoms with Gasteiger partial charge in [-0.2, -0.15) is 0 Å². The third-order valence-electron chi connectivity index (χ3n) is 2.97. The molecule has 1 aromatic rings.